The largest absolute Gasteiger partial charge is 0.380 e. The summed E-state index contributed by atoms with van der Waals surface area (Å²) in [5.74, 6) is -0.565. The van der Waals surface area contributed by atoms with Gasteiger partial charge in [-0.15, -0.1) is 0 Å². The summed E-state index contributed by atoms with van der Waals surface area (Å²) in [4.78, 5) is 20.8. The zero-order valence-corrected chi connectivity index (χ0v) is 12.9. The molecule has 0 bridgehead atoms. The molecular weight excluding hydrogens is 285 g/mol. The molecule has 0 radical (unpaired) electrons. The van der Waals surface area contributed by atoms with Gasteiger partial charge in [0.1, 0.15) is 11.5 Å². The first-order chi connectivity index (χ1) is 10.7. The number of likely N-dealkylation sites (tertiary alicyclic amines) is 2. The van der Waals surface area contributed by atoms with Crippen LogP contribution in [0.1, 0.15) is 29.8 Å². The molecule has 2 aliphatic rings. The van der Waals surface area contributed by atoms with Crippen molar-refractivity contribution in [2.75, 3.05) is 33.3 Å². The molecule has 1 amide bonds. The number of methoxy groups -OCH3 is 1. The van der Waals surface area contributed by atoms with Crippen molar-refractivity contribution < 1.29 is 13.9 Å². The third kappa shape index (κ3) is 3.28. The Morgan fingerprint density at radius 1 is 1.41 bits per heavy atom. The lowest BCUT2D eigenvalue weighted by Crippen LogP contribution is -2.42. The first-order valence-corrected chi connectivity index (χ1v) is 7.85. The summed E-state index contributed by atoms with van der Waals surface area (Å²) in [5.41, 5.74) is 0.296. The Morgan fingerprint density at radius 3 is 2.82 bits per heavy atom. The van der Waals surface area contributed by atoms with Crippen molar-refractivity contribution in [2.24, 2.45) is 0 Å². The minimum atomic E-state index is -0.429. The number of carbonyl (C=O) groups excluding carboxylic acids is 1. The minimum absolute atomic E-state index is 0.0667. The second-order valence-electron chi connectivity index (χ2n) is 6.07. The van der Waals surface area contributed by atoms with E-state index in [2.05, 4.69) is 9.88 Å². The van der Waals surface area contributed by atoms with Crippen LogP contribution in [0.5, 0.6) is 0 Å². The fourth-order valence-electron chi connectivity index (χ4n) is 3.38. The van der Waals surface area contributed by atoms with Gasteiger partial charge in [0.15, 0.2) is 0 Å². The number of carbonyl (C=O) groups is 1. The summed E-state index contributed by atoms with van der Waals surface area (Å²) in [5, 5.41) is 0. The highest BCUT2D eigenvalue weighted by Crippen LogP contribution is 2.24. The van der Waals surface area contributed by atoms with E-state index >= 15 is 0 Å². The Balaban J connectivity index is 1.72. The molecule has 120 valence electrons. The Labute approximate surface area is 130 Å². The maximum absolute atomic E-state index is 13.0. The van der Waals surface area contributed by atoms with Crippen LogP contribution in [-0.2, 0) is 4.74 Å². The van der Waals surface area contributed by atoms with Crippen molar-refractivity contribution in [2.45, 2.75) is 31.4 Å². The number of amides is 1. The van der Waals surface area contributed by atoms with E-state index in [1.54, 1.807) is 7.11 Å². The molecular formula is C16H22FN3O2. The monoisotopic (exact) mass is 307 g/mol. The number of pyridine rings is 1. The Morgan fingerprint density at radius 2 is 2.18 bits per heavy atom. The van der Waals surface area contributed by atoms with E-state index in [1.165, 1.54) is 25.0 Å². The van der Waals surface area contributed by atoms with Crippen LogP contribution in [0, 0.1) is 5.82 Å². The lowest BCUT2D eigenvalue weighted by atomic mass is 10.2. The van der Waals surface area contributed by atoms with Gasteiger partial charge in [0.05, 0.1) is 12.3 Å². The molecule has 3 rings (SSSR count). The maximum Gasteiger partial charge on any atom is 0.272 e. The third-order valence-electron chi connectivity index (χ3n) is 4.58. The highest BCUT2D eigenvalue weighted by Gasteiger charge is 2.37. The van der Waals surface area contributed by atoms with Crippen LogP contribution in [-0.4, -0.2) is 66.1 Å². The number of aromatic nitrogens is 1. The average Bonchev–Trinajstić information content (AvgIpc) is 3.17. The van der Waals surface area contributed by atoms with E-state index in [0.29, 0.717) is 12.2 Å². The van der Waals surface area contributed by atoms with Gasteiger partial charge in [-0.25, -0.2) is 9.37 Å². The molecule has 0 aromatic carbocycles. The highest BCUT2D eigenvalue weighted by molar-refractivity contribution is 5.92. The molecule has 3 heterocycles. The van der Waals surface area contributed by atoms with Gasteiger partial charge < -0.3 is 14.5 Å². The second kappa shape index (κ2) is 6.71. The zero-order chi connectivity index (χ0) is 15.5. The molecule has 1 aromatic heterocycles. The molecule has 2 atom stereocenters. The molecule has 2 fully saturated rings. The van der Waals surface area contributed by atoms with Crippen molar-refractivity contribution in [1.82, 2.24) is 14.8 Å². The molecule has 2 aliphatic heterocycles. The molecule has 1 aromatic rings. The number of hydrogen-bond acceptors (Lipinski definition) is 4. The van der Waals surface area contributed by atoms with Crippen LogP contribution >= 0.6 is 0 Å². The van der Waals surface area contributed by atoms with Gasteiger partial charge in [-0.1, -0.05) is 0 Å². The van der Waals surface area contributed by atoms with Gasteiger partial charge in [-0.05, 0) is 44.5 Å². The van der Waals surface area contributed by atoms with Crippen LogP contribution in [0.25, 0.3) is 0 Å². The molecule has 6 heteroatoms. The van der Waals surface area contributed by atoms with Crippen molar-refractivity contribution in [3.8, 4) is 0 Å². The van der Waals surface area contributed by atoms with Gasteiger partial charge in [-0.2, -0.15) is 0 Å². The van der Waals surface area contributed by atoms with Crippen LogP contribution < -0.4 is 0 Å². The number of ether oxygens (including phenoxy) is 1. The molecule has 0 unspecified atom stereocenters. The lowest BCUT2D eigenvalue weighted by Gasteiger charge is -2.28. The van der Waals surface area contributed by atoms with E-state index in [0.717, 1.165) is 32.3 Å². The van der Waals surface area contributed by atoms with E-state index in [9.17, 15) is 9.18 Å². The smallest absolute Gasteiger partial charge is 0.272 e. The maximum atomic E-state index is 13.0. The Kier molecular flexibility index (Phi) is 4.69. The SMILES string of the molecule is CO[C@H]1C[C@@H](CN2CCCC2)N(C(=O)c2ccc(F)cn2)C1. The van der Waals surface area contributed by atoms with Crippen LogP contribution in [0.4, 0.5) is 4.39 Å². The Hall–Kier alpha value is -1.53. The van der Waals surface area contributed by atoms with E-state index in [4.69, 9.17) is 4.74 Å². The summed E-state index contributed by atoms with van der Waals surface area (Å²) in [6.07, 6.45) is 4.46. The number of nitrogens with zero attached hydrogens (tertiary/aromatic N) is 3. The number of halogens is 1. The van der Waals surface area contributed by atoms with Gasteiger partial charge in [-0.3, -0.25) is 4.79 Å². The van der Waals surface area contributed by atoms with Crippen molar-refractivity contribution in [1.29, 1.82) is 0 Å². The summed E-state index contributed by atoms with van der Waals surface area (Å²) in [7, 11) is 1.68. The van der Waals surface area contributed by atoms with Gasteiger partial charge in [0.2, 0.25) is 0 Å². The lowest BCUT2D eigenvalue weighted by molar-refractivity contribution is 0.0664. The van der Waals surface area contributed by atoms with Gasteiger partial charge in [0, 0.05) is 26.2 Å². The minimum Gasteiger partial charge on any atom is -0.380 e. The molecule has 0 saturated carbocycles. The second-order valence-corrected chi connectivity index (χ2v) is 6.07. The van der Waals surface area contributed by atoms with E-state index < -0.39 is 5.82 Å². The quantitative estimate of drug-likeness (QED) is 0.846. The first-order valence-electron chi connectivity index (χ1n) is 7.85. The van der Waals surface area contributed by atoms with E-state index in [-0.39, 0.29) is 18.1 Å². The summed E-state index contributed by atoms with van der Waals surface area (Å²) < 4.78 is 18.4. The predicted octanol–water partition coefficient (Wildman–Crippen LogP) is 1.55. The third-order valence-corrected chi connectivity index (χ3v) is 4.58. The molecule has 2 saturated heterocycles. The Bertz CT molecular complexity index is 517. The molecule has 22 heavy (non-hydrogen) atoms. The molecule has 0 aliphatic carbocycles. The summed E-state index contributed by atoms with van der Waals surface area (Å²) in [6.45, 7) is 3.66. The van der Waals surface area contributed by atoms with Crippen molar-refractivity contribution >= 4 is 5.91 Å². The van der Waals surface area contributed by atoms with Gasteiger partial charge in [0.25, 0.3) is 5.91 Å². The highest BCUT2D eigenvalue weighted by atomic mass is 19.1. The number of hydrogen-bond donors (Lipinski definition) is 0. The molecule has 5 nitrogen and oxygen atoms in total. The molecule has 0 spiro atoms. The summed E-state index contributed by atoms with van der Waals surface area (Å²) >= 11 is 0. The van der Waals surface area contributed by atoms with Crippen molar-refractivity contribution in [3.63, 3.8) is 0 Å². The average molecular weight is 307 g/mol. The zero-order valence-electron chi connectivity index (χ0n) is 12.9. The van der Waals surface area contributed by atoms with Crippen LogP contribution in [0.2, 0.25) is 0 Å². The van der Waals surface area contributed by atoms with Gasteiger partial charge >= 0.3 is 0 Å². The number of rotatable bonds is 4. The normalized spacial score (nSPS) is 25.8. The standard InChI is InChI=1S/C16H22FN3O2/c1-22-14-8-13(10-19-6-2-3-7-19)20(11-14)16(21)15-5-4-12(17)9-18-15/h4-5,9,13-14H,2-3,6-8,10-11H2,1H3/t13-,14-/m0/s1. The first kappa shape index (κ1) is 15.4. The predicted molar refractivity (Wildman–Crippen MR) is 80.1 cm³/mol. The summed E-state index contributed by atoms with van der Waals surface area (Å²) in [6, 6.07) is 2.87. The fourth-order valence-corrected chi connectivity index (χ4v) is 3.38. The van der Waals surface area contributed by atoms with Crippen LogP contribution in [0.15, 0.2) is 18.3 Å². The van der Waals surface area contributed by atoms with Crippen LogP contribution in [0.3, 0.4) is 0 Å². The topological polar surface area (TPSA) is 45.7 Å². The van der Waals surface area contributed by atoms with Crippen molar-refractivity contribution in [3.05, 3.63) is 29.8 Å². The molecule has 0 N–H and O–H groups in total. The van der Waals surface area contributed by atoms with E-state index in [1.807, 2.05) is 4.90 Å². The fraction of sp³-hybridized carbons (Fsp3) is 0.625.